The van der Waals surface area contributed by atoms with E-state index < -0.39 is 11.9 Å². The molecule has 3 aromatic rings. The molecule has 32 heavy (non-hydrogen) atoms. The number of nitrogens with one attached hydrogen (secondary N) is 1. The minimum Gasteiger partial charge on any atom is -0.457 e. The predicted molar refractivity (Wildman–Crippen MR) is 125 cm³/mol. The molecular formula is C22H23N5O3S2. The van der Waals surface area contributed by atoms with Crippen LogP contribution in [0, 0.1) is 0 Å². The van der Waals surface area contributed by atoms with Gasteiger partial charge in [-0.15, -0.1) is 10.2 Å². The van der Waals surface area contributed by atoms with Crippen LogP contribution in [0.15, 0.2) is 58.9 Å². The Kier molecular flexibility index (Phi) is 7.23. The van der Waals surface area contributed by atoms with Crippen LogP contribution in [0.5, 0.6) is 11.5 Å². The smallest absolute Gasteiger partial charge is 0.240 e. The van der Waals surface area contributed by atoms with Gasteiger partial charge in [0.1, 0.15) is 17.5 Å². The standard InChI is InChI=1S/C22H23N5O3S2/c23-20(29)18-8-4-5-13-27(18)19(28)14-31-22-26-25-21(32-22)24-15-9-11-17(12-10-15)30-16-6-2-1-3-7-16/h1-3,6-7,9-12,18H,4-5,8,13-14H2,(H2,23,29)(H,24,25)/t18-/m0/s1. The van der Waals surface area contributed by atoms with Crippen LogP contribution in [0.3, 0.4) is 0 Å². The number of nitrogens with two attached hydrogens (primary N) is 1. The molecule has 1 atom stereocenters. The maximum Gasteiger partial charge on any atom is 0.240 e. The minimum absolute atomic E-state index is 0.0998. The lowest BCUT2D eigenvalue weighted by molar-refractivity contribution is -0.138. The molecule has 0 unspecified atom stereocenters. The fraction of sp³-hybridized carbons (Fsp3) is 0.273. The van der Waals surface area contributed by atoms with E-state index in [2.05, 4.69) is 15.5 Å². The van der Waals surface area contributed by atoms with E-state index in [1.165, 1.54) is 23.1 Å². The fourth-order valence-electron chi connectivity index (χ4n) is 3.41. The van der Waals surface area contributed by atoms with Crippen molar-refractivity contribution in [1.82, 2.24) is 15.1 Å². The molecule has 1 aliphatic heterocycles. The van der Waals surface area contributed by atoms with Crippen LogP contribution in [0.2, 0.25) is 0 Å². The highest BCUT2D eigenvalue weighted by molar-refractivity contribution is 8.01. The van der Waals surface area contributed by atoms with E-state index in [1.807, 2.05) is 54.6 Å². The number of likely N-dealkylation sites (tertiary alicyclic amines) is 1. The van der Waals surface area contributed by atoms with Crippen LogP contribution in [0.1, 0.15) is 19.3 Å². The second-order valence-corrected chi connectivity index (χ2v) is 9.43. The maximum atomic E-state index is 12.6. The molecule has 10 heteroatoms. The summed E-state index contributed by atoms with van der Waals surface area (Å²) in [6.45, 7) is 0.569. The zero-order chi connectivity index (χ0) is 22.3. The lowest BCUT2D eigenvalue weighted by Gasteiger charge is -2.33. The molecule has 4 rings (SSSR count). The lowest BCUT2D eigenvalue weighted by Crippen LogP contribution is -2.51. The van der Waals surface area contributed by atoms with E-state index in [0.29, 0.717) is 22.4 Å². The number of para-hydroxylation sites is 1. The number of hydrogen-bond donors (Lipinski definition) is 2. The Balaban J connectivity index is 1.29. The molecule has 1 saturated heterocycles. The Morgan fingerprint density at radius 2 is 1.84 bits per heavy atom. The number of carbonyl (C=O) groups excluding carboxylic acids is 2. The largest absolute Gasteiger partial charge is 0.457 e. The van der Waals surface area contributed by atoms with Crippen molar-refractivity contribution in [1.29, 1.82) is 0 Å². The first-order valence-electron chi connectivity index (χ1n) is 10.2. The van der Waals surface area contributed by atoms with Gasteiger partial charge in [0.15, 0.2) is 4.34 Å². The zero-order valence-corrected chi connectivity index (χ0v) is 18.9. The number of ether oxygens (including phenoxy) is 1. The molecule has 1 fully saturated rings. The average molecular weight is 470 g/mol. The molecule has 0 aliphatic carbocycles. The van der Waals surface area contributed by atoms with Gasteiger partial charge in [0.05, 0.1) is 5.75 Å². The molecule has 8 nitrogen and oxygen atoms in total. The van der Waals surface area contributed by atoms with Gasteiger partial charge in [-0.1, -0.05) is 41.3 Å². The number of aromatic nitrogens is 2. The Hall–Kier alpha value is -3.11. The van der Waals surface area contributed by atoms with Crippen LogP contribution < -0.4 is 15.8 Å². The van der Waals surface area contributed by atoms with Crippen molar-refractivity contribution in [2.75, 3.05) is 17.6 Å². The van der Waals surface area contributed by atoms with Crippen LogP contribution in [0.4, 0.5) is 10.8 Å². The Morgan fingerprint density at radius 3 is 2.59 bits per heavy atom. The topological polar surface area (TPSA) is 110 Å². The number of carbonyl (C=O) groups is 2. The molecule has 2 amide bonds. The van der Waals surface area contributed by atoms with Gasteiger partial charge in [-0.25, -0.2) is 0 Å². The number of hydrogen-bond acceptors (Lipinski definition) is 8. The first kappa shape index (κ1) is 22.1. The van der Waals surface area contributed by atoms with Gasteiger partial charge < -0.3 is 20.7 Å². The molecule has 2 heterocycles. The van der Waals surface area contributed by atoms with E-state index >= 15 is 0 Å². The number of thioether (sulfide) groups is 1. The zero-order valence-electron chi connectivity index (χ0n) is 17.3. The minimum atomic E-state index is -0.502. The number of anilines is 2. The highest BCUT2D eigenvalue weighted by Gasteiger charge is 2.30. The quantitative estimate of drug-likeness (QED) is 0.479. The van der Waals surface area contributed by atoms with Crippen molar-refractivity contribution >= 4 is 45.7 Å². The van der Waals surface area contributed by atoms with Gasteiger partial charge in [-0.3, -0.25) is 9.59 Å². The summed E-state index contributed by atoms with van der Waals surface area (Å²) < 4.78 is 6.47. The molecule has 3 N–H and O–H groups in total. The van der Waals surface area contributed by atoms with Crippen LogP contribution in [-0.2, 0) is 9.59 Å². The molecule has 0 bridgehead atoms. The van der Waals surface area contributed by atoms with Gasteiger partial charge >= 0.3 is 0 Å². The molecular weight excluding hydrogens is 446 g/mol. The average Bonchev–Trinajstić information content (AvgIpc) is 3.26. The van der Waals surface area contributed by atoms with Gasteiger partial charge in [-0.2, -0.15) is 0 Å². The van der Waals surface area contributed by atoms with Crippen molar-refractivity contribution in [3.8, 4) is 11.5 Å². The fourth-order valence-corrected chi connectivity index (χ4v) is 5.06. The van der Waals surface area contributed by atoms with E-state index in [0.717, 1.165) is 30.0 Å². The third-order valence-electron chi connectivity index (χ3n) is 4.96. The monoisotopic (exact) mass is 469 g/mol. The van der Waals surface area contributed by atoms with Crippen molar-refractivity contribution < 1.29 is 14.3 Å². The summed E-state index contributed by atoms with van der Waals surface area (Å²) in [6.07, 6.45) is 2.44. The summed E-state index contributed by atoms with van der Waals surface area (Å²) >= 11 is 2.68. The number of primary amides is 1. The van der Waals surface area contributed by atoms with Crippen molar-refractivity contribution in [2.45, 2.75) is 29.6 Å². The third kappa shape index (κ3) is 5.77. The number of benzene rings is 2. The molecule has 0 spiro atoms. The van der Waals surface area contributed by atoms with Crippen molar-refractivity contribution in [3.05, 3.63) is 54.6 Å². The normalized spacial score (nSPS) is 15.9. The number of piperidine rings is 1. The van der Waals surface area contributed by atoms with Gasteiger partial charge in [-0.05, 0) is 55.7 Å². The summed E-state index contributed by atoms with van der Waals surface area (Å²) in [5.74, 6) is 1.17. The van der Waals surface area contributed by atoms with E-state index in [9.17, 15) is 9.59 Å². The first-order chi connectivity index (χ1) is 15.6. The van der Waals surface area contributed by atoms with Crippen LogP contribution >= 0.6 is 23.1 Å². The molecule has 0 radical (unpaired) electrons. The molecule has 1 aromatic heterocycles. The summed E-state index contributed by atoms with van der Waals surface area (Å²) in [4.78, 5) is 25.8. The predicted octanol–water partition coefficient (Wildman–Crippen LogP) is 4.03. The molecule has 166 valence electrons. The van der Waals surface area contributed by atoms with Gasteiger partial charge in [0.2, 0.25) is 16.9 Å². The summed E-state index contributed by atoms with van der Waals surface area (Å²) in [6, 6.07) is 16.6. The summed E-state index contributed by atoms with van der Waals surface area (Å²) in [5, 5.41) is 12.1. The number of amides is 2. The van der Waals surface area contributed by atoms with Crippen molar-refractivity contribution in [3.63, 3.8) is 0 Å². The Labute approximate surface area is 194 Å². The Bertz CT molecular complexity index is 1060. The summed E-state index contributed by atoms with van der Waals surface area (Å²) in [7, 11) is 0. The maximum absolute atomic E-state index is 12.6. The number of nitrogens with zero attached hydrogens (tertiary/aromatic N) is 3. The lowest BCUT2D eigenvalue weighted by atomic mass is 10.0. The van der Waals surface area contributed by atoms with Gasteiger partial charge in [0.25, 0.3) is 0 Å². The van der Waals surface area contributed by atoms with Crippen LogP contribution in [0.25, 0.3) is 0 Å². The highest BCUT2D eigenvalue weighted by Crippen LogP contribution is 2.30. The number of rotatable bonds is 8. The van der Waals surface area contributed by atoms with E-state index in [-0.39, 0.29) is 11.7 Å². The summed E-state index contributed by atoms with van der Waals surface area (Å²) in [5.41, 5.74) is 6.30. The van der Waals surface area contributed by atoms with Gasteiger partial charge in [0, 0.05) is 12.2 Å². The molecule has 0 saturated carbocycles. The second kappa shape index (κ2) is 10.5. The highest BCUT2D eigenvalue weighted by atomic mass is 32.2. The van der Waals surface area contributed by atoms with E-state index in [1.54, 1.807) is 4.90 Å². The molecule has 2 aromatic carbocycles. The van der Waals surface area contributed by atoms with Crippen molar-refractivity contribution in [2.24, 2.45) is 5.73 Å². The Morgan fingerprint density at radius 1 is 1.09 bits per heavy atom. The first-order valence-corrected chi connectivity index (χ1v) is 12.0. The third-order valence-corrected chi connectivity index (χ3v) is 6.92. The SMILES string of the molecule is NC(=O)[C@@H]1CCCCN1C(=O)CSc1nnc(Nc2ccc(Oc3ccccc3)cc2)s1. The second-order valence-electron chi connectivity index (χ2n) is 7.23. The van der Waals surface area contributed by atoms with Crippen LogP contribution in [-0.4, -0.2) is 45.3 Å². The van der Waals surface area contributed by atoms with E-state index in [4.69, 9.17) is 10.5 Å². The molecule has 1 aliphatic rings.